The summed E-state index contributed by atoms with van der Waals surface area (Å²) in [5.41, 5.74) is 4.83. The van der Waals surface area contributed by atoms with E-state index in [0.29, 0.717) is 12.1 Å². The fourth-order valence-corrected chi connectivity index (χ4v) is 4.78. The molecule has 0 saturated heterocycles. The second-order valence-electron chi connectivity index (χ2n) is 8.87. The van der Waals surface area contributed by atoms with Gasteiger partial charge in [-0.25, -0.2) is 4.98 Å². The number of aromatic nitrogens is 2. The topological polar surface area (TPSA) is 56.0 Å². The largest absolute Gasteiger partial charge is 0.377 e. The Kier molecular flexibility index (Phi) is 5.51. The van der Waals surface area contributed by atoms with Gasteiger partial charge in [-0.05, 0) is 43.4 Å². The van der Waals surface area contributed by atoms with Crippen LogP contribution in [0.2, 0.25) is 0 Å². The molecule has 1 saturated carbocycles. The van der Waals surface area contributed by atoms with E-state index in [1.165, 1.54) is 40.4 Å². The number of hydrogen-bond acceptors (Lipinski definition) is 4. The van der Waals surface area contributed by atoms with Crippen LogP contribution in [-0.2, 0) is 6.54 Å². The van der Waals surface area contributed by atoms with Gasteiger partial charge in [0.2, 0.25) is 0 Å². The van der Waals surface area contributed by atoms with E-state index < -0.39 is 0 Å². The second kappa shape index (κ2) is 8.60. The maximum absolute atomic E-state index is 4.87. The molecule has 2 aromatic carbocycles. The molecule has 5 heteroatoms. The molecule has 2 aromatic heterocycles. The molecule has 2 heterocycles. The molecular formula is C26H31N5. The molecule has 1 aliphatic carbocycles. The number of rotatable bonds is 6. The molecule has 0 radical (unpaired) electrons. The lowest BCUT2D eigenvalue weighted by Crippen LogP contribution is -2.36. The van der Waals surface area contributed by atoms with Crippen LogP contribution in [0.15, 0.2) is 60.8 Å². The first-order chi connectivity index (χ1) is 15.2. The zero-order valence-corrected chi connectivity index (χ0v) is 18.4. The van der Waals surface area contributed by atoms with Crippen LogP contribution in [-0.4, -0.2) is 36.1 Å². The van der Waals surface area contributed by atoms with Crippen molar-refractivity contribution in [3.63, 3.8) is 0 Å². The highest BCUT2D eigenvalue weighted by molar-refractivity contribution is 5.93. The van der Waals surface area contributed by atoms with Crippen LogP contribution >= 0.6 is 0 Å². The van der Waals surface area contributed by atoms with Crippen molar-refractivity contribution in [2.24, 2.45) is 0 Å². The van der Waals surface area contributed by atoms with Crippen molar-refractivity contribution in [1.29, 1.82) is 0 Å². The molecule has 0 atom stereocenters. The van der Waals surface area contributed by atoms with Gasteiger partial charge >= 0.3 is 0 Å². The first kappa shape index (κ1) is 19.9. The van der Waals surface area contributed by atoms with E-state index in [1.807, 2.05) is 0 Å². The summed E-state index contributed by atoms with van der Waals surface area (Å²) in [4.78, 5) is 10.4. The van der Waals surface area contributed by atoms with E-state index in [0.717, 1.165) is 30.7 Å². The molecule has 3 N–H and O–H groups in total. The van der Waals surface area contributed by atoms with Crippen LogP contribution < -0.4 is 15.5 Å². The van der Waals surface area contributed by atoms with Crippen molar-refractivity contribution in [3.8, 4) is 0 Å². The lowest BCUT2D eigenvalue weighted by atomic mass is 9.91. The molecule has 0 bridgehead atoms. The number of fused-ring (bicyclic) bond motifs is 2. The normalized spacial score (nSPS) is 19.0. The van der Waals surface area contributed by atoms with Gasteiger partial charge in [0.25, 0.3) is 0 Å². The lowest BCUT2D eigenvalue weighted by Gasteiger charge is -2.30. The molecule has 5 nitrogen and oxygen atoms in total. The van der Waals surface area contributed by atoms with Crippen LogP contribution in [0.5, 0.6) is 0 Å². The van der Waals surface area contributed by atoms with Gasteiger partial charge in [-0.1, -0.05) is 36.4 Å². The van der Waals surface area contributed by atoms with Crippen molar-refractivity contribution < 1.29 is 0 Å². The summed E-state index contributed by atoms with van der Waals surface area (Å²) in [5, 5.41) is 10.0. The number of hydrogen-bond donors (Lipinski definition) is 3. The van der Waals surface area contributed by atoms with E-state index >= 15 is 0 Å². The van der Waals surface area contributed by atoms with Crippen molar-refractivity contribution >= 4 is 33.3 Å². The Morgan fingerprint density at radius 2 is 1.65 bits per heavy atom. The van der Waals surface area contributed by atoms with Gasteiger partial charge in [0, 0.05) is 67.0 Å². The zero-order chi connectivity index (χ0) is 21.2. The summed E-state index contributed by atoms with van der Waals surface area (Å²) in [6.45, 7) is 0.922. The van der Waals surface area contributed by atoms with Gasteiger partial charge in [0.1, 0.15) is 5.82 Å². The summed E-state index contributed by atoms with van der Waals surface area (Å²) in [6.07, 6.45) is 6.84. The number of aromatic amines is 1. The Labute approximate surface area is 183 Å². The predicted octanol–water partition coefficient (Wildman–Crippen LogP) is 5.30. The number of H-pyrrole nitrogens is 1. The van der Waals surface area contributed by atoms with E-state index in [-0.39, 0.29) is 0 Å². The summed E-state index contributed by atoms with van der Waals surface area (Å²) in [6, 6.07) is 20.1. The maximum atomic E-state index is 4.87. The zero-order valence-electron chi connectivity index (χ0n) is 18.4. The molecule has 1 fully saturated rings. The fourth-order valence-electron chi connectivity index (χ4n) is 4.78. The Morgan fingerprint density at radius 3 is 2.45 bits per heavy atom. The number of anilines is 2. The molecule has 0 unspecified atom stereocenters. The quantitative estimate of drug-likeness (QED) is 0.402. The lowest BCUT2D eigenvalue weighted by molar-refractivity contribution is 0.353. The van der Waals surface area contributed by atoms with Crippen molar-refractivity contribution in [2.45, 2.75) is 44.3 Å². The number of nitrogens with zero attached hydrogens (tertiary/aromatic N) is 2. The summed E-state index contributed by atoms with van der Waals surface area (Å²) in [5.74, 6) is 0.984. The van der Waals surface area contributed by atoms with Crippen molar-refractivity contribution in [2.75, 3.05) is 24.3 Å². The number of benzene rings is 2. The molecule has 1 aliphatic rings. The Hall–Kier alpha value is -3.05. The molecule has 31 heavy (non-hydrogen) atoms. The van der Waals surface area contributed by atoms with Gasteiger partial charge in [0.05, 0.1) is 5.52 Å². The smallest absolute Gasteiger partial charge is 0.128 e. The van der Waals surface area contributed by atoms with Gasteiger partial charge in [0.15, 0.2) is 0 Å². The van der Waals surface area contributed by atoms with Crippen LogP contribution in [0.3, 0.4) is 0 Å². The number of pyridine rings is 1. The molecule has 5 rings (SSSR count). The molecular weight excluding hydrogens is 382 g/mol. The molecule has 0 aliphatic heterocycles. The third-order valence-corrected chi connectivity index (χ3v) is 6.51. The molecule has 0 spiro atoms. The molecule has 0 amide bonds. The summed E-state index contributed by atoms with van der Waals surface area (Å²) < 4.78 is 0. The second-order valence-corrected chi connectivity index (χ2v) is 8.87. The molecule has 4 aromatic rings. The minimum Gasteiger partial charge on any atom is -0.377 e. The third kappa shape index (κ3) is 4.23. The first-order valence-corrected chi connectivity index (χ1v) is 11.3. The minimum absolute atomic E-state index is 0.481. The summed E-state index contributed by atoms with van der Waals surface area (Å²) >= 11 is 0. The van der Waals surface area contributed by atoms with Gasteiger partial charge in [-0.15, -0.1) is 0 Å². The Bertz CT molecular complexity index is 1170. The SMILES string of the molecule is CN(C)c1cc(NC2CCC(NCc3c[nH]c4ccccc34)CC2)nc2ccccc12. The van der Waals surface area contributed by atoms with Crippen LogP contribution in [0, 0.1) is 0 Å². The monoisotopic (exact) mass is 413 g/mol. The van der Waals surface area contributed by atoms with Crippen LogP contribution in [0.4, 0.5) is 11.5 Å². The van der Waals surface area contributed by atoms with E-state index in [2.05, 4.69) is 95.4 Å². The minimum atomic E-state index is 0.481. The van der Waals surface area contributed by atoms with Gasteiger partial charge < -0.3 is 20.5 Å². The number of nitrogens with one attached hydrogen (secondary N) is 3. The maximum Gasteiger partial charge on any atom is 0.128 e. The average Bonchev–Trinajstić information content (AvgIpc) is 3.21. The van der Waals surface area contributed by atoms with Crippen LogP contribution in [0.25, 0.3) is 21.8 Å². The highest BCUT2D eigenvalue weighted by Gasteiger charge is 2.22. The highest BCUT2D eigenvalue weighted by atomic mass is 15.1. The van der Waals surface area contributed by atoms with Gasteiger partial charge in [-0.2, -0.15) is 0 Å². The van der Waals surface area contributed by atoms with Crippen molar-refractivity contribution in [3.05, 3.63) is 66.4 Å². The Morgan fingerprint density at radius 1 is 0.935 bits per heavy atom. The number of para-hydroxylation sites is 2. The standard InChI is InChI=1S/C26H31N5/c1-31(2)25-15-26(30-24-10-6-4-8-22(24)25)29-20-13-11-19(12-14-20)27-16-18-17-28-23-9-5-3-7-21(18)23/h3-10,15,17,19-20,27-28H,11-14,16H2,1-2H3,(H,29,30). The fraction of sp³-hybridized carbons (Fsp3) is 0.346. The Balaban J connectivity index is 1.19. The van der Waals surface area contributed by atoms with E-state index in [4.69, 9.17) is 4.98 Å². The summed E-state index contributed by atoms with van der Waals surface area (Å²) in [7, 11) is 4.19. The third-order valence-electron chi connectivity index (χ3n) is 6.51. The first-order valence-electron chi connectivity index (χ1n) is 11.3. The molecule has 160 valence electrons. The van der Waals surface area contributed by atoms with Crippen LogP contribution in [0.1, 0.15) is 31.2 Å². The van der Waals surface area contributed by atoms with Gasteiger partial charge in [-0.3, -0.25) is 0 Å². The van der Waals surface area contributed by atoms with E-state index in [9.17, 15) is 0 Å². The van der Waals surface area contributed by atoms with Crippen molar-refractivity contribution in [1.82, 2.24) is 15.3 Å². The van der Waals surface area contributed by atoms with E-state index in [1.54, 1.807) is 0 Å². The predicted molar refractivity (Wildman–Crippen MR) is 131 cm³/mol. The highest BCUT2D eigenvalue weighted by Crippen LogP contribution is 2.29. The average molecular weight is 414 g/mol.